The summed E-state index contributed by atoms with van der Waals surface area (Å²) in [6, 6.07) is 0. The summed E-state index contributed by atoms with van der Waals surface area (Å²) in [6.07, 6.45) is 2.73. The van der Waals surface area contributed by atoms with E-state index in [0.29, 0.717) is 18.4 Å². The number of hydrogen-bond acceptors (Lipinski definition) is 4. The molecule has 98 valence electrons. The van der Waals surface area contributed by atoms with Gasteiger partial charge in [0.1, 0.15) is 11.9 Å². The summed E-state index contributed by atoms with van der Waals surface area (Å²) in [7, 11) is 0. The van der Waals surface area contributed by atoms with Crippen LogP contribution in [0.5, 0.6) is 0 Å². The van der Waals surface area contributed by atoms with Crippen molar-refractivity contribution in [2.45, 2.75) is 45.6 Å². The molecule has 0 bridgehead atoms. The molecule has 2 fully saturated rings. The molecule has 0 radical (unpaired) electrons. The van der Waals surface area contributed by atoms with Crippen molar-refractivity contribution in [3.63, 3.8) is 0 Å². The molecule has 1 heterocycles. The van der Waals surface area contributed by atoms with Crippen molar-refractivity contribution in [2.24, 2.45) is 17.3 Å². The van der Waals surface area contributed by atoms with Crippen LogP contribution in [0, 0.1) is 17.3 Å². The van der Waals surface area contributed by atoms with Gasteiger partial charge < -0.3 is 9.84 Å². The maximum absolute atomic E-state index is 11.9. The molecule has 3 aliphatic rings. The summed E-state index contributed by atoms with van der Waals surface area (Å²) >= 11 is 0. The van der Waals surface area contributed by atoms with Crippen LogP contribution < -0.4 is 0 Å². The zero-order chi connectivity index (χ0) is 13.1. The first-order chi connectivity index (χ1) is 8.44. The molecular formula is C14H18O4. The Morgan fingerprint density at radius 1 is 1.28 bits per heavy atom. The number of aliphatic hydroxyl groups is 1. The van der Waals surface area contributed by atoms with Gasteiger partial charge in [-0.15, -0.1) is 0 Å². The van der Waals surface area contributed by atoms with Gasteiger partial charge in [0, 0.05) is 23.8 Å². The molecule has 2 saturated carbocycles. The predicted octanol–water partition coefficient (Wildman–Crippen LogP) is 2.14. The van der Waals surface area contributed by atoms with Gasteiger partial charge in [0.15, 0.2) is 0 Å². The number of carbonyl (C=O) groups excluding carboxylic acids is 2. The second kappa shape index (κ2) is 3.59. The van der Waals surface area contributed by atoms with Gasteiger partial charge >= 0.3 is 5.97 Å². The summed E-state index contributed by atoms with van der Waals surface area (Å²) < 4.78 is 5.32. The van der Waals surface area contributed by atoms with Gasteiger partial charge in [0.05, 0.1) is 0 Å². The number of aliphatic hydroxyl groups excluding tert-OH is 1. The van der Waals surface area contributed by atoms with E-state index in [1.807, 2.05) is 6.92 Å². The second-order valence-corrected chi connectivity index (χ2v) is 6.13. The zero-order valence-electron chi connectivity index (χ0n) is 10.7. The minimum atomic E-state index is -0.621. The molecule has 0 aromatic rings. The molecule has 1 N–H and O–H groups in total. The lowest BCUT2D eigenvalue weighted by Gasteiger charge is -2.50. The van der Waals surface area contributed by atoms with Crippen molar-refractivity contribution in [1.29, 1.82) is 0 Å². The number of Topliss-reactive ketones (excluding diaryl/α,β-unsaturated/α-hetero) is 1. The van der Waals surface area contributed by atoms with E-state index in [-0.39, 0.29) is 34.9 Å². The topological polar surface area (TPSA) is 63.6 Å². The molecule has 0 spiro atoms. The number of carbonyl (C=O) groups is 2. The molecule has 4 heteroatoms. The Labute approximate surface area is 106 Å². The van der Waals surface area contributed by atoms with E-state index in [4.69, 9.17) is 4.74 Å². The maximum atomic E-state index is 11.9. The van der Waals surface area contributed by atoms with Crippen LogP contribution in [-0.4, -0.2) is 23.0 Å². The molecule has 0 aromatic heterocycles. The maximum Gasteiger partial charge on any atom is 0.374 e. The van der Waals surface area contributed by atoms with E-state index in [2.05, 4.69) is 6.92 Å². The van der Waals surface area contributed by atoms with Crippen LogP contribution in [0.1, 0.15) is 39.5 Å². The first-order valence-electron chi connectivity index (χ1n) is 6.60. The highest BCUT2D eigenvalue weighted by atomic mass is 16.6. The van der Waals surface area contributed by atoms with Crippen LogP contribution in [-0.2, 0) is 14.3 Å². The van der Waals surface area contributed by atoms with Crippen molar-refractivity contribution in [1.82, 2.24) is 0 Å². The number of hydrogen-bond donors (Lipinski definition) is 1. The smallest absolute Gasteiger partial charge is 0.374 e. The monoisotopic (exact) mass is 250 g/mol. The number of ether oxygens (including phenoxy) is 1. The Hall–Kier alpha value is -1.32. The Bertz CT molecular complexity index is 464. The second-order valence-electron chi connectivity index (χ2n) is 6.13. The molecule has 0 aromatic carbocycles. The standard InChI is InChI=1S/C14H18O4/c1-7-9(15)4-6-14(2)5-3-8-11(16)13(17)18-12(8)10(7)14/h7,10,12,16H,3-6H2,1-2H3. The van der Waals surface area contributed by atoms with Crippen LogP contribution in [0.2, 0.25) is 0 Å². The summed E-state index contributed by atoms with van der Waals surface area (Å²) in [4.78, 5) is 23.4. The Morgan fingerprint density at radius 3 is 2.67 bits per heavy atom. The Kier molecular flexibility index (Phi) is 2.34. The average Bonchev–Trinajstić information content (AvgIpc) is 2.60. The molecule has 0 saturated heterocycles. The fourth-order valence-electron chi connectivity index (χ4n) is 4.01. The number of fused-ring (bicyclic) bond motifs is 3. The van der Waals surface area contributed by atoms with Crippen molar-refractivity contribution in [2.75, 3.05) is 0 Å². The van der Waals surface area contributed by atoms with Crippen LogP contribution >= 0.6 is 0 Å². The van der Waals surface area contributed by atoms with Crippen LogP contribution in [0.4, 0.5) is 0 Å². The third-order valence-electron chi connectivity index (χ3n) is 5.16. The molecule has 18 heavy (non-hydrogen) atoms. The van der Waals surface area contributed by atoms with Crippen molar-refractivity contribution in [3.05, 3.63) is 11.3 Å². The Morgan fingerprint density at radius 2 is 1.94 bits per heavy atom. The van der Waals surface area contributed by atoms with Gasteiger partial charge in [-0.25, -0.2) is 4.79 Å². The minimum absolute atomic E-state index is 0.0242. The highest BCUT2D eigenvalue weighted by Crippen LogP contribution is 2.55. The predicted molar refractivity (Wildman–Crippen MR) is 63.8 cm³/mol. The molecule has 3 rings (SSSR count). The number of rotatable bonds is 0. The average molecular weight is 250 g/mol. The summed E-state index contributed by atoms with van der Waals surface area (Å²) in [5.41, 5.74) is 0.760. The molecule has 4 unspecified atom stereocenters. The molecular weight excluding hydrogens is 232 g/mol. The number of esters is 1. The fraction of sp³-hybridized carbons (Fsp3) is 0.714. The molecule has 4 atom stereocenters. The third-order valence-corrected chi connectivity index (χ3v) is 5.16. The first kappa shape index (κ1) is 11.8. The highest BCUT2D eigenvalue weighted by molar-refractivity contribution is 5.90. The lowest BCUT2D eigenvalue weighted by atomic mass is 9.55. The third kappa shape index (κ3) is 1.38. The minimum Gasteiger partial charge on any atom is -0.502 e. The lowest BCUT2D eigenvalue weighted by Crippen LogP contribution is -2.50. The van der Waals surface area contributed by atoms with Crippen molar-refractivity contribution >= 4 is 11.8 Å². The molecule has 2 aliphatic carbocycles. The van der Waals surface area contributed by atoms with E-state index in [1.165, 1.54) is 0 Å². The molecule has 4 nitrogen and oxygen atoms in total. The summed E-state index contributed by atoms with van der Waals surface area (Å²) in [5.74, 6) is -0.656. The van der Waals surface area contributed by atoms with Crippen LogP contribution in [0.3, 0.4) is 0 Å². The van der Waals surface area contributed by atoms with E-state index in [1.54, 1.807) is 0 Å². The van der Waals surface area contributed by atoms with Gasteiger partial charge in [-0.3, -0.25) is 4.79 Å². The normalized spacial score (nSPS) is 43.6. The molecule has 1 aliphatic heterocycles. The fourth-order valence-corrected chi connectivity index (χ4v) is 4.01. The van der Waals surface area contributed by atoms with Crippen LogP contribution in [0.25, 0.3) is 0 Å². The summed E-state index contributed by atoms with van der Waals surface area (Å²) in [5, 5.41) is 9.74. The SMILES string of the molecule is CC1C(=O)CCC2(C)CCC3=C(O)C(=O)OC3C12. The first-order valence-corrected chi connectivity index (χ1v) is 6.60. The zero-order valence-corrected chi connectivity index (χ0v) is 10.7. The van der Waals surface area contributed by atoms with Gasteiger partial charge in [-0.1, -0.05) is 13.8 Å². The summed E-state index contributed by atoms with van der Waals surface area (Å²) in [6.45, 7) is 4.11. The quantitative estimate of drug-likeness (QED) is 0.669. The van der Waals surface area contributed by atoms with Gasteiger partial charge in [0.25, 0.3) is 0 Å². The van der Waals surface area contributed by atoms with E-state index < -0.39 is 5.97 Å². The van der Waals surface area contributed by atoms with E-state index in [0.717, 1.165) is 12.8 Å². The number of ketones is 1. The molecule has 0 amide bonds. The van der Waals surface area contributed by atoms with Crippen molar-refractivity contribution < 1.29 is 19.4 Å². The van der Waals surface area contributed by atoms with E-state index >= 15 is 0 Å². The Balaban J connectivity index is 2.02. The largest absolute Gasteiger partial charge is 0.502 e. The lowest BCUT2D eigenvalue weighted by molar-refractivity contribution is -0.154. The highest BCUT2D eigenvalue weighted by Gasteiger charge is 2.55. The van der Waals surface area contributed by atoms with Crippen LogP contribution in [0.15, 0.2) is 11.3 Å². The van der Waals surface area contributed by atoms with Crippen molar-refractivity contribution in [3.8, 4) is 0 Å². The van der Waals surface area contributed by atoms with E-state index in [9.17, 15) is 14.7 Å². The van der Waals surface area contributed by atoms with Gasteiger partial charge in [0.2, 0.25) is 5.76 Å². The van der Waals surface area contributed by atoms with Gasteiger partial charge in [-0.2, -0.15) is 0 Å². The van der Waals surface area contributed by atoms with Gasteiger partial charge in [-0.05, 0) is 24.7 Å².